The second kappa shape index (κ2) is 7.77. The molecule has 25 heavy (non-hydrogen) atoms. The third kappa shape index (κ3) is 6.35. The summed E-state index contributed by atoms with van der Waals surface area (Å²) in [5.41, 5.74) is -3.19. The quantitative estimate of drug-likeness (QED) is 0.450. The van der Waals surface area contributed by atoms with Crippen molar-refractivity contribution in [2.75, 3.05) is 19.4 Å². The molecule has 0 saturated carbocycles. The van der Waals surface area contributed by atoms with E-state index >= 15 is 0 Å². The number of hydrogen-bond acceptors (Lipinski definition) is 2. The van der Waals surface area contributed by atoms with Gasteiger partial charge in [0, 0.05) is 5.69 Å². The highest BCUT2D eigenvalue weighted by Crippen LogP contribution is 2.37. The fourth-order valence-corrected chi connectivity index (χ4v) is 2.46. The maximum atomic E-state index is 12.8. The van der Waals surface area contributed by atoms with E-state index in [1.54, 1.807) is 19.0 Å². The molecule has 1 unspecified atom stereocenters. The van der Waals surface area contributed by atoms with Crippen molar-refractivity contribution >= 4 is 23.0 Å². The van der Waals surface area contributed by atoms with Crippen LogP contribution in [0, 0.1) is 5.92 Å². The maximum Gasteiger partial charge on any atom is 0.416 e. The van der Waals surface area contributed by atoms with Crippen LogP contribution in [0.4, 0.5) is 32.0 Å². The van der Waals surface area contributed by atoms with Crippen molar-refractivity contribution in [2.24, 2.45) is 5.92 Å². The second-order valence-corrected chi connectivity index (χ2v) is 6.45. The van der Waals surface area contributed by atoms with Crippen molar-refractivity contribution in [2.45, 2.75) is 32.4 Å². The third-order valence-corrected chi connectivity index (χ3v) is 3.53. The molecule has 0 saturated heterocycles. The molecule has 1 aromatic rings. The lowest BCUT2D eigenvalue weighted by Crippen LogP contribution is -2.49. The largest absolute Gasteiger partial charge is 0.416 e. The van der Waals surface area contributed by atoms with Gasteiger partial charge in [-0.3, -0.25) is 4.90 Å². The Hall–Kier alpha value is -1.55. The average Bonchev–Trinajstić information content (AvgIpc) is 2.41. The Morgan fingerprint density at radius 1 is 0.960 bits per heavy atom. The fraction of sp³-hybridized carbons (Fsp3) is 0.533. The number of hydrogen-bond donors (Lipinski definition) is 2. The van der Waals surface area contributed by atoms with Crippen LogP contribution in [0.5, 0.6) is 0 Å². The molecule has 0 aliphatic rings. The predicted octanol–water partition coefficient (Wildman–Crippen LogP) is 4.55. The van der Waals surface area contributed by atoms with Gasteiger partial charge in [-0.05, 0) is 50.4 Å². The molecule has 1 rings (SSSR count). The van der Waals surface area contributed by atoms with Gasteiger partial charge in [0.2, 0.25) is 0 Å². The number of benzene rings is 1. The molecule has 0 amide bonds. The molecule has 0 fully saturated rings. The Balaban J connectivity index is 3.10. The minimum Gasteiger partial charge on any atom is -0.347 e. The fourth-order valence-electron chi connectivity index (χ4n) is 2.22. The van der Waals surface area contributed by atoms with Crippen LogP contribution >= 0.6 is 12.2 Å². The van der Waals surface area contributed by atoms with E-state index in [1.807, 2.05) is 13.8 Å². The van der Waals surface area contributed by atoms with E-state index in [1.165, 1.54) is 0 Å². The number of rotatable bonds is 4. The number of thiocarbonyl (C=S) groups is 1. The van der Waals surface area contributed by atoms with Crippen molar-refractivity contribution in [3.63, 3.8) is 0 Å². The Bertz CT molecular complexity index is 570. The standard InChI is InChI=1S/C15H19F6N3S/c1-8(2)12(24(3)4)23-13(25)22-11-6-9(14(16,17)18)5-10(7-11)15(19,20)21/h5-8,12H,1-4H3,(H2,22,23,25). The first-order chi connectivity index (χ1) is 11.2. The Kier molecular flexibility index (Phi) is 6.68. The van der Waals surface area contributed by atoms with E-state index in [2.05, 4.69) is 10.6 Å². The van der Waals surface area contributed by atoms with E-state index in [-0.39, 0.29) is 28.9 Å². The number of nitrogens with zero attached hydrogens (tertiary/aromatic N) is 1. The summed E-state index contributed by atoms with van der Waals surface area (Å²) in [7, 11) is 3.54. The van der Waals surface area contributed by atoms with Crippen molar-refractivity contribution < 1.29 is 26.3 Å². The highest BCUT2D eigenvalue weighted by atomic mass is 32.1. The summed E-state index contributed by atoms with van der Waals surface area (Å²) in [5, 5.41) is 5.20. The normalized spacial score (nSPS) is 13.9. The van der Waals surface area contributed by atoms with Crippen LogP contribution in [0.3, 0.4) is 0 Å². The first-order valence-electron chi connectivity index (χ1n) is 7.25. The molecule has 1 aromatic carbocycles. The van der Waals surface area contributed by atoms with Gasteiger partial charge in [-0.2, -0.15) is 26.3 Å². The van der Waals surface area contributed by atoms with Crippen LogP contribution in [0.15, 0.2) is 18.2 Å². The molecule has 10 heteroatoms. The molecule has 2 N–H and O–H groups in total. The zero-order valence-corrected chi connectivity index (χ0v) is 14.8. The molecule has 0 spiro atoms. The van der Waals surface area contributed by atoms with Gasteiger partial charge >= 0.3 is 12.4 Å². The Morgan fingerprint density at radius 3 is 1.72 bits per heavy atom. The molecule has 0 aliphatic heterocycles. The van der Waals surface area contributed by atoms with E-state index < -0.39 is 23.5 Å². The number of halogens is 6. The minimum atomic E-state index is -4.91. The van der Waals surface area contributed by atoms with Crippen LogP contribution in [-0.4, -0.2) is 30.3 Å². The van der Waals surface area contributed by atoms with E-state index in [0.29, 0.717) is 12.1 Å². The van der Waals surface area contributed by atoms with Crippen LogP contribution in [0.1, 0.15) is 25.0 Å². The molecule has 0 aromatic heterocycles. The number of anilines is 1. The lowest BCUT2D eigenvalue weighted by molar-refractivity contribution is -0.143. The zero-order valence-electron chi connectivity index (χ0n) is 14.0. The summed E-state index contributed by atoms with van der Waals surface area (Å²) in [4.78, 5) is 1.80. The van der Waals surface area contributed by atoms with Gasteiger partial charge in [0.05, 0.1) is 17.3 Å². The van der Waals surface area contributed by atoms with Gasteiger partial charge < -0.3 is 10.6 Å². The van der Waals surface area contributed by atoms with Crippen LogP contribution in [0.25, 0.3) is 0 Å². The van der Waals surface area contributed by atoms with Gasteiger partial charge in [-0.25, -0.2) is 0 Å². The van der Waals surface area contributed by atoms with Crippen molar-refractivity contribution in [1.82, 2.24) is 10.2 Å². The Labute approximate surface area is 147 Å². The average molecular weight is 387 g/mol. The van der Waals surface area contributed by atoms with E-state index in [0.717, 1.165) is 0 Å². The maximum absolute atomic E-state index is 12.8. The summed E-state index contributed by atoms with van der Waals surface area (Å²) < 4.78 is 77.1. The molecule has 0 bridgehead atoms. The number of alkyl halides is 6. The van der Waals surface area contributed by atoms with Gasteiger partial charge in [0.1, 0.15) is 0 Å². The Morgan fingerprint density at radius 2 is 1.40 bits per heavy atom. The molecule has 1 atom stereocenters. The van der Waals surface area contributed by atoms with Crippen molar-refractivity contribution in [3.8, 4) is 0 Å². The third-order valence-electron chi connectivity index (χ3n) is 3.31. The smallest absolute Gasteiger partial charge is 0.347 e. The zero-order chi connectivity index (χ0) is 19.6. The molecule has 142 valence electrons. The minimum absolute atomic E-state index is 0.0679. The second-order valence-electron chi connectivity index (χ2n) is 6.05. The topological polar surface area (TPSA) is 27.3 Å². The summed E-state index contributed by atoms with van der Waals surface area (Å²) in [6.07, 6.45) is -10.1. The van der Waals surface area contributed by atoms with Crippen molar-refractivity contribution in [1.29, 1.82) is 0 Å². The molecule has 3 nitrogen and oxygen atoms in total. The summed E-state index contributed by atoms with van der Waals surface area (Å²) in [5.74, 6) is 0.0991. The first-order valence-corrected chi connectivity index (χ1v) is 7.66. The van der Waals surface area contributed by atoms with Crippen LogP contribution in [-0.2, 0) is 12.4 Å². The van der Waals surface area contributed by atoms with Crippen LogP contribution < -0.4 is 10.6 Å². The predicted molar refractivity (Wildman–Crippen MR) is 88.1 cm³/mol. The van der Waals surface area contributed by atoms with E-state index in [4.69, 9.17) is 12.2 Å². The first kappa shape index (κ1) is 21.5. The number of nitrogens with one attached hydrogen (secondary N) is 2. The summed E-state index contributed by atoms with van der Waals surface area (Å²) >= 11 is 5.01. The summed E-state index contributed by atoms with van der Waals surface area (Å²) in [6, 6.07) is 1.24. The molecule has 0 aliphatic carbocycles. The summed E-state index contributed by atoms with van der Waals surface area (Å²) in [6.45, 7) is 3.79. The van der Waals surface area contributed by atoms with Crippen LogP contribution in [0.2, 0.25) is 0 Å². The van der Waals surface area contributed by atoms with Gasteiger partial charge in [-0.15, -0.1) is 0 Å². The monoisotopic (exact) mass is 387 g/mol. The highest BCUT2D eigenvalue weighted by Gasteiger charge is 2.37. The van der Waals surface area contributed by atoms with Gasteiger partial charge in [0.15, 0.2) is 5.11 Å². The van der Waals surface area contributed by atoms with E-state index in [9.17, 15) is 26.3 Å². The lowest BCUT2D eigenvalue weighted by atomic mass is 10.1. The molecular formula is C15H19F6N3S. The van der Waals surface area contributed by atoms with Crippen molar-refractivity contribution in [3.05, 3.63) is 29.3 Å². The SMILES string of the molecule is CC(C)C(NC(=S)Nc1cc(C(F)(F)F)cc(C(F)(F)F)c1)N(C)C. The van der Waals surface area contributed by atoms with Gasteiger partial charge in [0.25, 0.3) is 0 Å². The lowest BCUT2D eigenvalue weighted by Gasteiger charge is -2.30. The van der Waals surface area contributed by atoms with Gasteiger partial charge in [-0.1, -0.05) is 13.8 Å². The molecular weight excluding hydrogens is 368 g/mol. The highest BCUT2D eigenvalue weighted by molar-refractivity contribution is 7.80. The molecule has 0 heterocycles. The molecule has 0 radical (unpaired) electrons.